The molecule has 0 unspecified atom stereocenters. The lowest BCUT2D eigenvalue weighted by Crippen LogP contribution is -2.50. The first kappa shape index (κ1) is 16.2. The molecule has 5 rings (SSSR count). The van der Waals surface area contributed by atoms with E-state index in [1.165, 1.54) is 6.07 Å². The molecule has 0 saturated carbocycles. The van der Waals surface area contributed by atoms with Gasteiger partial charge in [0, 0.05) is 31.6 Å². The summed E-state index contributed by atoms with van der Waals surface area (Å²) in [6.07, 6.45) is 2.47. The molecule has 8 heteroatoms. The van der Waals surface area contributed by atoms with Crippen LogP contribution in [0.25, 0.3) is 10.9 Å². The Labute approximate surface area is 154 Å². The van der Waals surface area contributed by atoms with Crippen LogP contribution in [-0.2, 0) is 18.4 Å². The van der Waals surface area contributed by atoms with Gasteiger partial charge in [0.25, 0.3) is 11.5 Å². The number of pyridine rings is 1. The van der Waals surface area contributed by atoms with Gasteiger partial charge in [0.1, 0.15) is 0 Å². The topological polar surface area (TPSA) is 82.2 Å². The molecule has 0 aliphatic carbocycles. The summed E-state index contributed by atoms with van der Waals surface area (Å²) in [5.41, 5.74) is 1.93. The number of likely N-dealkylation sites (tertiary alicyclic amines) is 1. The average Bonchev–Trinajstić information content (AvgIpc) is 3.19. The third-order valence-corrected chi connectivity index (χ3v) is 5.60. The fraction of sp³-hybridized carbons (Fsp3) is 0.368. The van der Waals surface area contributed by atoms with E-state index in [1.807, 2.05) is 28.9 Å². The molecule has 2 atom stereocenters. The molecule has 0 N–H and O–H groups in total. The Bertz CT molecular complexity index is 1100. The van der Waals surface area contributed by atoms with Crippen LogP contribution in [0.3, 0.4) is 0 Å². The van der Waals surface area contributed by atoms with E-state index in [4.69, 9.17) is 4.74 Å². The number of carbonyl (C=O) groups excluding carboxylic acids is 1. The smallest absolute Gasteiger partial charge is 0.254 e. The van der Waals surface area contributed by atoms with Gasteiger partial charge in [-0.1, -0.05) is 23.4 Å². The summed E-state index contributed by atoms with van der Waals surface area (Å²) >= 11 is 0. The standard InChI is InChI=1S/C19H19N5O3/c1-22-15-5-3-2-4-13(15)14(8-18(22)25)19(26)23-7-6-17-16(10-23)24-12(11-27-17)9-20-21-24/h2-5,8-9,16-17H,6-7,10-11H2,1H3/t16-,17+/m1/s1. The number of fused-ring (bicyclic) bond motifs is 4. The van der Waals surface area contributed by atoms with Crippen molar-refractivity contribution in [1.29, 1.82) is 0 Å². The Morgan fingerprint density at radius 1 is 1.30 bits per heavy atom. The molecule has 1 amide bonds. The van der Waals surface area contributed by atoms with Gasteiger partial charge in [-0.15, -0.1) is 5.10 Å². The second kappa shape index (κ2) is 6.02. The molecule has 2 aliphatic heterocycles. The maximum absolute atomic E-state index is 13.3. The SMILES string of the molecule is Cn1c(=O)cc(C(=O)N2CC[C@@H]3OCc4cnnn4[C@@H]3C2)c2ccccc21. The Morgan fingerprint density at radius 3 is 3.04 bits per heavy atom. The third kappa shape index (κ3) is 2.48. The molecule has 2 aliphatic rings. The first-order valence-corrected chi connectivity index (χ1v) is 9.02. The molecular formula is C19H19N5O3. The number of ether oxygens (including phenoxy) is 1. The van der Waals surface area contributed by atoms with E-state index in [0.29, 0.717) is 25.3 Å². The van der Waals surface area contributed by atoms with Crippen LogP contribution in [0.2, 0.25) is 0 Å². The van der Waals surface area contributed by atoms with Crippen molar-refractivity contribution < 1.29 is 9.53 Å². The van der Waals surface area contributed by atoms with E-state index in [9.17, 15) is 9.59 Å². The zero-order valence-electron chi connectivity index (χ0n) is 14.9. The molecule has 0 radical (unpaired) electrons. The second-order valence-electron chi connectivity index (χ2n) is 7.10. The number of carbonyl (C=O) groups is 1. The van der Waals surface area contributed by atoms with Crippen LogP contribution < -0.4 is 5.56 Å². The highest BCUT2D eigenvalue weighted by Gasteiger charge is 2.38. The number of piperidine rings is 1. The van der Waals surface area contributed by atoms with Crippen LogP contribution in [0.5, 0.6) is 0 Å². The number of benzene rings is 1. The minimum atomic E-state index is -0.188. The van der Waals surface area contributed by atoms with Crippen molar-refractivity contribution in [3.63, 3.8) is 0 Å². The largest absolute Gasteiger partial charge is 0.370 e. The summed E-state index contributed by atoms with van der Waals surface area (Å²) in [5.74, 6) is -0.130. The van der Waals surface area contributed by atoms with Gasteiger partial charge >= 0.3 is 0 Å². The molecule has 4 heterocycles. The summed E-state index contributed by atoms with van der Waals surface area (Å²) in [7, 11) is 1.72. The van der Waals surface area contributed by atoms with Crippen molar-refractivity contribution in [2.45, 2.75) is 25.2 Å². The molecule has 2 aromatic heterocycles. The molecule has 8 nitrogen and oxygen atoms in total. The van der Waals surface area contributed by atoms with Gasteiger partial charge in [-0.3, -0.25) is 9.59 Å². The summed E-state index contributed by atoms with van der Waals surface area (Å²) in [6, 6.07) is 8.88. The Balaban J connectivity index is 1.52. The number of para-hydroxylation sites is 1. The highest BCUT2D eigenvalue weighted by Crippen LogP contribution is 2.31. The molecule has 1 saturated heterocycles. The van der Waals surface area contributed by atoms with Crippen LogP contribution in [0, 0.1) is 0 Å². The number of rotatable bonds is 1. The second-order valence-corrected chi connectivity index (χ2v) is 7.10. The summed E-state index contributed by atoms with van der Waals surface area (Å²) < 4.78 is 9.35. The van der Waals surface area contributed by atoms with Crippen molar-refractivity contribution in [2.75, 3.05) is 13.1 Å². The lowest BCUT2D eigenvalue weighted by atomic mass is 9.99. The van der Waals surface area contributed by atoms with Crippen LogP contribution in [0.1, 0.15) is 28.5 Å². The number of aromatic nitrogens is 4. The number of nitrogens with zero attached hydrogens (tertiary/aromatic N) is 5. The highest BCUT2D eigenvalue weighted by molar-refractivity contribution is 6.06. The Morgan fingerprint density at radius 2 is 2.15 bits per heavy atom. The summed E-state index contributed by atoms with van der Waals surface area (Å²) in [4.78, 5) is 27.4. The maximum atomic E-state index is 13.3. The zero-order valence-corrected chi connectivity index (χ0v) is 14.9. The van der Waals surface area contributed by atoms with Crippen molar-refractivity contribution >= 4 is 16.8 Å². The number of hydrogen-bond acceptors (Lipinski definition) is 5. The minimum Gasteiger partial charge on any atom is -0.370 e. The van der Waals surface area contributed by atoms with Gasteiger partial charge in [-0.05, 0) is 12.5 Å². The first-order chi connectivity index (χ1) is 13.1. The van der Waals surface area contributed by atoms with Gasteiger partial charge in [0.05, 0.1) is 41.7 Å². The van der Waals surface area contributed by atoms with Gasteiger partial charge in [-0.2, -0.15) is 0 Å². The first-order valence-electron chi connectivity index (χ1n) is 9.02. The average molecular weight is 365 g/mol. The van der Waals surface area contributed by atoms with Crippen LogP contribution >= 0.6 is 0 Å². The quantitative estimate of drug-likeness (QED) is 0.645. The van der Waals surface area contributed by atoms with Gasteiger partial charge in [0.15, 0.2) is 0 Å². The van der Waals surface area contributed by atoms with Crippen molar-refractivity contribution in [2.24, 2.45) is 7.05 Å². The molecule has 3 aromatic rings. The number of aryl methyl sites for hydroxylation is 1. The van der Waals surface area contributed by atoms with E-state index in [2.05, 4.69) is 10.3 Å². The van der Waals surface area contributed by atoms with Crippen molar-refractivity contribution in [1.82, 2.24) is 24.5 Å². The van der Waals surface area contributed by atoms with E-state index in [-0.39, 0.29) is 23.6 Å². The fourth-order valence-electron chi connectivity index (χ4n) is 4.12. The predicted molar refractivity (Wildman–Crippen MR) is 97.3 cm³/mol. The number of amides is 1. The van der Waals surface area contributed by atoms with E-state index >= 15 is 0 Å². The monoisotopic (exact) mass is 365 g/mol. The van der Waals surface area contributed by atoms with Crippen molar-refractivity contribution in [3.8, 4) is 0 Å². The molecular weight excluding hydrogens is 346 g/mol. The van der Waals surface area contributed by atoms with Crippen molar-refractivity contribution in [3.05, 3.63) is 58.1 Å². The minimum absolute atomic E-state index is 0.0311. The van der Waals surface area contributed by atoms with Crippen LogP contribution in [0.4, 0.5) is 0 Å². The normalized spacial score (nSPS) is 21.7. The van der Waals surface area contributed by atoms with Crippen LogP contribution in [0.15, 0.2) is 41.3 Å². The van der Waals surface area contributed by atoms with E-state index in [0.717, 1.165) is 23.0 Å². The van der Waals surface area contributed by atoms with Gasteiger partial charge < -0.3 is 14.2 Å². The fourth-order valence-corrected chi connectivity index (χ4v) is 4.12. The maximum Gasteiger partial charge on any atom is 0.254 e. The molecule has 1 fully saturated rings. The number of hydrogen-bond donors (Lipinski definition) is 0. The molecule has 0 spiro atoms. The van der Waals surface area contributed by atoms with E-state index < -0.39 is 0 Å². The molecule has 138 valence electrons. The van der Waals surface area contributed by atoms with E-state index in [1.54, 1.807) is 22.7 Å². The molecule has 27 heavy (non-hydrogen) atoms. The lowest BCUT2D eigenvalue weighted by Gasteiger charge is -2.41. The predicted octanol–water partition coefficient (Wildman–Crippen LogP) is 1.12. The molecule has 1 aromatic carbocycles. The zero-order chi connectivity index (χ0) is 18.5. The summed E-state index contributed by atoms with van der Waals surface area (Å²) in [6.45, 7) is 1.58. The van der Waals surface area contributed by atoms with Crippen LogP contribution in [-0.4, -0.2) is 49.6 Å². The summed E-state index contributed by atoms with van der Waals surface area (Å²) in [5, 5.41) is 8.93. The molecule has 0 bridgehead atoms. The Hall–Kier alpha value is -3.00. The van der Waals surface area contributed by atoms with Gasteiger partial charge in [-0.25, -0.2) is 4.68 Å². The van der Waals surface area contributed by atoms with Gasteiger partial charge in [0.2, 0.25) is 0 Å². The Kier molecular flexibility index (Phi) is 3.61. The lowest BCUT2D eigenvalue weighted by molar-refractivity contribution is -0.0604. The third-order valence-electron chi connectivity index (χ3n) is 5.60. The highest BCUT2D eigenvalue weighted by atomic mass is 16.5.